The Labute approximate surface area is 132 Å². The van der Waals surface area contributed by atoms with E-state index >= 15 is 0 Å². The fourth-order valence-electron chi connectivity index (χ4n) is 1.61. The molecule has 0 unspecified atom stereocenters. The molecule has 2 rings (SSSR count). The van der Waals surface area contributed by atoms with Gasteiger partial charge in [-0.2, -0.15) is 0 Å². The lowest BCUT2D eigenvalue weighted by Crippen LogP contribution is -2.27. The van der Waals surface area contributed by atoms with Crippen LogP contribution < -0.4 is 16.6 Å². The smallest absolute Gasteiger partial charge is 0.265 e. The second-order valence-corrected chi connectivity index (χ2v) is 5.79. The van der Waals surface area contributed by atoms with Gasteiger partial charge in [0.2, 0.25) is 5.91 Å². The van der Waals surface area contributed by atoms with E-state index in [-0.39, 0.29) is 18.0 Å². The van der Waals surface area contributed by atoms with Crippen molar-refractivity contribution in [1.82, 2.24) is 4.57 Å². The number of carbonyl (C=O) groups is 1. The molecule has 0 spiro atoms. The van der Waals surface area contributed by atoms with E-state index in [0.29, 0.717) is 20.3 Å². The molecule has 1 amide bonds. The molecule has 7 heteroatoms. The van der Waals surface area contributed by atoms with Crippen molar-refractivity contribution in [2.24, 2.45) is 0 Å². The molecule has 0 aliphatic carbocycles. The van der Waals surface area contributed by atoms with Crippen LogP contribution in [0.25, 0.3) is 0 Å². The molecule has 1 aromatic carbocycles. The van der Waals surface area contributed by atoms with E-state index < -0.39 is 0 Å². The van der Waals surface area contributed by atoms with Crippen LogP contribution >= 0.6 is 31.9 Å². The van der Waals surface area contributed by atoms with Crippen LogP contribution in [0.5, 0.6) is 0 Å². The fraction of sp³-hybridized carbons (Fsp3) is 0.0769. The molecule has 0 aliphatic heterocycles. The van der Waals surface area contributed by atoms with Gasteiger partial charge in [0, 0.05) is 16.4 Å². The van der Waals surface area contributed by atoms with Crippen LogP contribution in [0.3, 0.4) is 0 Å². The quantitative estimate of drug-likeness (QED) is 0.777. The third-order valence-corrected chi connectivity index (χ3v) is 3.81. The minimum absolute atomic E-state index is 0.0604. The zero-order valence-electron chi connectivity index (χ0n) is 10.3. The Morgan fingerprint density at radius 1 is 1.25 bits per heavy atom. The van der Waals surface area contributed by atoms with Crippen molar-refractivity contribution in [3.05, 3.63) is 55.8 Å². The number of nitrogens with two attached hydrogens (primary N) is 1. The number of pyridine rings is 1. The highest BCUT2D eigenvalue weighted by atomic mass is 79.9. The lowest BCUT2D eigenvalue weighted by atomic mass is 10.3. The molecule has 0 radical (unpaired) electrons. The molecule has 3 N–H and O–H groups in total. The first-order valence-electron chi connectivity index (χ1n) is 5.67. The van der Waals surface area contributed by atoms with Crippen molar-refractivity contribution in [3.63, 3.8) is 0 Å². The van der Waals surface area contributed by atoms with E-state index in [2.05, 4.69) is 37.2 Å². The van der Waals surface area contributed by atoms with Crippen LogP contribution in [0.1, 0.15) is 0 Å². The molecule has 0 fully saturated rings. The second kappa shape index (κ2) is 6.23. The van der Waals surface area contributed by atoms with Crippen molar-refractivity contribution < 1.29 is 4.79 Å². The number of nitrogens with zero attached hydrogens (tertiary/aromatic N) is 1. The Bertz CT molecular complexity index is 713. The first-order chi connectivity index (χ1) is 9.47. The number of carbonyl (C=O) groups excluding carboxylic acids is 1. The summed E-state index contributed by atoms with van der Waals surface area (Å²) < 4.78 is 2.43. The number of anilines is 2. The van der Waals surface area contributed by atoms with Gasteiger partial charge in [0.1, 0.15) is 6.54 Å². The van der Waals surface area contributed by atoms with Crippen LogP contribution in [0.2, 0.25) is 0 Å². The lowest BCUT2D eigenvalue weighted by Gasteiger charge is -2.09. The minimum Gasteiger partial charge on any atom is -0.399 e. The van der Waals surface area contributed by atoms with Gasteiger partial charge in [-0.05, 0) is 62.2 Å². The third-order valence-electron chi connectivity index (χ3n) is 2.55. The van der Waals surface area contributed by atoms with Gasteiger partial charge in [-0.3, -0.25) is 9.59 Å². The maximum Gasteiger partial charge on any atom is 0.265 e. The first kappa shape index (κ1) is 14.8. The topological polar surface area (TPSA) is 77.1 Å². The molecule has 0 saturated heterocycles. The molecule has 20 heavy (non-hydrogen) atoms. The molecule has 5 nitrogen and oxygen atoms in total. The van der Waals surface area contributed by atoms with Crippen LogP contribution in [0, 0.1) is 0 Å². The van der Waals surface area contributed by atoms with Crippen molar-refractivity contribution in [3.8, 4) is 0 Å². The normalized spacial score (nSPS) is 10.3. The lowest BCUT2D eigenvalue weighted by molar-refractivity contribution is -0.116. The van der Waals surface area contributed by atoms with Crippen LogP contribution in [0.15, 0.2) is 50.3 Å². The fourth-order valence-corrected chi connectivity index (χ4v) is 2.49. The summed E-state index contributed by atoms with van der Waals surface area (Å²) >= 11 is 6.45. The molecular weight excluding hydrogens is 390 g/mol. The summed E-state index contributed by atoms with van der Waals surface area (Å²) in [6.45, 7) is -0.0604. The van der Waals surface area contributed by atoms with E-state index in [1.807, 2.05) is 0 Å². The van der Waals surface area contributed by atoms with E-state index in [0.717, 1.165) is 0 Å². The van der Waals surface area contributed by atoms with Gasteiger partial charge in [-0.1, -0.05) is 0 Å². The van der Waals surface area contributed by atoms with E-state index in [4.69, 9.17) is 5.73 Å². The van der Waals surface area contributed by atoms with Gasteiger partial charge in [0.25, 0.3) is 5.56 Å². The van der Waals surface area contributed by atoms with Crippen molar-refractivity contribution >= 4 is 49.1 Å². The van der Waals surface area contributed by atoms with Gasteiger partial charge >= 0.3 is 0 Å². The van der Waals surface area contributed by atoms with Gasteiger partial charge < -0.3 is 15.6 Å². The van der Waals surface area contributed by atoms with Crippen LogP contribution in [-0.4, -0.2) is 10.5 Å². The summed E-state index contributed by atoms with van der Waals surface area (Å²) in [6, 6.07) is 8.40. The van der Waals surface area contributed by atoms with E-state index in [1.165, 1.54) is 4.57 Å². The number of aromatic nitrogens is 1. The van der Waals surface area contributed by atoms with Crippen molar-refractivity contribution in [1.29, 1.82) is 0 Å². The van der Waals surface area contributed by atoms with Crippen LogP contribution in [-0.2, 0) is 11.3 Å². The summed E-state index contributed by atoms with van der Waals surface area (Å²) in [5.41, 5.74) is 6.57. The Balaban J connectivity index is 2.13. The molecule has 2 aromatic rings. The molecule has 1 aromatic heterocycles. The Hall–Kier alpha value is -1.60. The van der Waals surface area contributed by atoms with Gasteiger partial charge in [-0.25, -0.2) is 0 Å². The van der Waals surface area contributed by atoms with Gasteiger partial charge in [-0.15, -0.1) is 0 Å². The zero-order valence-corrected chi connectivity index (χ0v) is 13.4. The number of hydrogen-bond acceptors (Lipinski definition) is 3. The summed E-state index contributed by atoms with van der Waals surface area (Å²) in [5, 5.41) is 2.72. The largest absolute Gasteiger partial charge is 0.399 e. The summed E-state index contributed by atoms with van der Waals surface area (Å²) in [7, 11) is 0. The van der Waals surface area contributed by atoms with E-state index in [1.54, 1.807) is 36.5 Å². The highest BCUT2D eigenvalue weighted by molar-refractivity contribution is 9.10. The number of nitrogen functional groups attached to an aromatic ring is 1. The number of halogens is 2. The SMILES string of the molecule is Nc1ccc(NC(=O)Cn2cccc(Br)c2=O)c(Br)c1. The number of hydrogen-bond donors (Lipinski definition) is 2. The molecule has 0 bridgehead atoms. The average molecular weight is 401 g/mol. The van der Waals surface area contributed by atoms with Crippen molar-refractivity contribution in [2.45, 2.75) is 6.54 Å². The predicted octanol–water partition coefficient (Wildman–Crippen LogP) is 2.59. The van der Waals surface area contributed by atoms with Crippen molar-refractivity contribution in [2.75, 3.05) is 11.1 Å². The third kappa shape index (κ3) is 3.49. The summed E-state index contributed by atoms with van der Waals surface area (Å²) in [5.74, 6) is -0.296. The van der Waals surface area contributed by atoms with E-state index in [9.17, 15) is 9.59 Å². The number of benzene rings is 1. The Morgan fingerprint density at radius 2 is 2.00 bits per heavy atom. The second-order valence-electron chi connectivity index (χ2n) is 4.08. The molecule has 0 atom stereocenters. The molecule has 104 valence electrons. The summed E-state index contributed by atoms with van der Waals surface area (Å²) in [6.07, 6.45) is 1.56. The highest BCUT2D eigenvalue weighted by Gasteiger charge is 2.08. The zero-order chi connectivity index (χ0) is 14.7. The maximum absolute atomic E-state index is 11.9. The number of amides is 1. The van der Waals surface area contributed by atoms with Gasteiger partial charge in [0.15, 0.2) is 0 Å². The molecule has 0 saturated carbocycles. The highest BCUT2D eigenvalue weighted by Crippen LogP contribution is 2.24. The average Bonchev–Trinajstić information content (AvgIpc) is 2.38. The Kier molecular flexibility index (Phi) is 4.61. The standard InChI is InChI=1S/C13H11Br2N3O2/c14-9-2-1-5-18(13(9)20)7-12(19)17-11-4-3-8(16)6-10(11)15/h1-6H,7,16H2,(H,17,19). The number of rotatable bonds is 3. The Morgan fingerprint density at radius 3 is 2.70 bits per heavy atom. The predicted molar refractivity (Wildman–Crippen MR) is 85.6 cm³/mol. The molecule has 1 heterocycles. The minimum atomic E-state index is -0.296. The summed E-state index contributed by atoms with van der Waals surface area (Å²) in [4.78, 5) is 23.7. The van der Waals surface area contributed by atoms with Crippen LogP contribution in [0.4, 0.5) is 11.4 Å². The van der Waals surface area contributed by atoms with Gasteiger partial charge in [0.05, 0.1) is 10.2 Å². The molecular formula is C13H11Br2N3O2. The number of nitrogens with one attached hydrogen (secondary N) is 1. The monoisotopic (exact) mass is 399 g/mol. The molecule has 0 aliphatic rings. The first-order valence-corrected chi connectivity index (χ1v) is 7.26. The maximum atomic E-state index is 11.9.